The first kappa shape index (κ1) is 18.3. The second kappa shape index (κ2) is 6.45. The minimum absolute atomic E-state index is 0.0105. The van der Waals surface area contributed by atoms with Crippen LogP contribution < -0.4 is 4.74 Å². The third kappa shape index (κ3) is 3.88. The fourth-order valence-corrected chi connectivity index (χ4v) is 3.04. The summed E-state index contributed by atoms with van der Waals surface area (Å²) >= 11 is 0. The number of hydrogen-bond donors (Lipinski definition) is 1. The maximum absolute atomic E-state index is 12.5. The van der Waals surface area contributed by atoms with Gasteiger partial charge in [0.1, 0.15) is 12.4 Å². The molecule has 0 spiro atoms. The van der Waals surface area contributed by atoms with E-state index < -0.39 is 28.2 Å². The van der Waals surface area contributed by atoms with Gasteiger partial charge in [-0.15, -0.1) is 0 Å². The van der Waals surface area contributed by atoms with E-state index in [0.29, 0.717) is 6.92 Å². The van der Waals surface area contributed by atoms with Gasteiger partial charge in [-0.25, -0.2) is 8.42 Å². The van der Waals surface area contributed by atoms with E-state index in [0.717, 1.165) is 0 Å². The van der Waals surface area contributed by atoms with Crippen molar-refractivity contribution in [2.45, 2.75) is 28.5 Å². The van der Waals surface area contributed by atoms with E-state index in [2.05, 4.69) is 0 Å². The standard InChI is InChI=1S/C16H15F3O4S/c1-15(20,16(17,18)19)11-23-12-7-9-14(10-8-12)24(21,22)13-5-3-2-4-6-13/h2-10,20H,11H2,1H3. The summed E-state index contributed by atoms with van der Waals surface area (Å²) in [7, 11) is -3.71. The first-order valence-corrected chi connectivity index (χ1v) is 8.34. The minimum atomic E-state index is -4.83. The van der Waals surface area contributed by atoms with Crippen LogP contribution in [0, 0.1) is 0 Å². The molecule has 130 valence electrons. The van der Waals surface area contributed by atoms with Crippen LogP contribution in [0.4, 0.5) is 13.2 Å². The van der Waals surface area contributed by atoms with E-state index in [1.807, 2.05) is 0 Å². The molecule has 0 bridgehead atoms. The van der Waals surface area contributed by atoms with Gasteiger partial charge in [0.2, 0.25) is 9.84 Å². The molecule has 1 unspecified atom stereocenters. The molecule has 0 aliphatic rings. The van der Waals surface area contributed by atoms with Crippen molar-refractivity contribution in [3.8, 4) is 5.75 Å². The van der Waals surface area contributed by atoms with Gasteiger partial charge in [0.25, 0.3) is 0 Å². The molecule has 2 aromatic carbocycles. The molecule has 0 fully saturated rings. The van der Waals surface area contributed by atoms with Crippen molar-refractivity contribution >= 4 is 9.84 Å². The maximum Gasteiger partial charge on any atom is 0.420 e. The molecule has 2 aromatic rings. The topological polar surface area (TPSA) is 63.6 Å². The van der Waals surface area contributed by atoms with E-state index >= 15 is 0 Å². The van der Waals surface area contributed by atoms with Crippen LogP contribution in [0.25, 0.3) is 0 Å². The molecule has 0 amide bonds. The molecule has 0 aliphatic heterocycles. The van der Waals surface area contributed by atoms with Gasteiger partial charge < -0.3 is 9.84 Å². The molecule has 0 saturated carbocycles. The predicted octanol–water partition coefficient (Wildman–Crippen LogP) is 3.21. The lowest BCUT2D eigenvalue weighted by molar-refractivity contribution is -0.260. The van der Waals surface area contributed by atoms with Gasteiger partial charge in [-0.05, 0) is 43.3 Å². The molecule has 0 aromatic heterocycles. The second-order valence-electron chi connectivity index (χ2n) is 5.35. The summed E-state index contributed by atoms with van der Waals surface area (Å²) in [6.07, 6.45) is -4.83. The van der Waals surface area contributed by atoms with Crippen LogP contribution in [0.1, 0.15) is 6.92 Å². The van der Waals surface area contributed by atoms with Crippen LogP contribution >= 0.6 is 0 Å². The van der Waals surface area contributed by atoms with E-state index in [1.165, 1.54) is 36.4 Å². The Kier molecular flexibility index (Phi) is 4.91. The summed E-state index contributed by atoms with van der Waals surface area (Å²) in [5.74, 6) is 0.0199. The molecular formula is C16H15F3O4S. The van der Waals surface area contributed by atoms with Crippen LogP contribution in [0.5, 0.6) is 5.75 Å². The molecule has 1 atom stereocenters. The van der Waals surface area contributed by atoms with Crippen LogP contribution in [0.3, 0.4) is 0 Å². The number of halogens is 3. The Morgan fingerprint density at radius 2 is 1.46 bits per heavy atom. The van der Waals surface area contributed by atoms with E-state index in [-0.39, 0.29) is 15.5 Å². The lowest BCUT2D eigenvalue weighted by Crippen LogP contribution is -2.47. The molecule has 4 nitrogen and oxygen atoms in total. The summed E-state index contributed by atoms with van der Waals surface area (Å²) in [4.78, 5) is 0.0994. The number of aliphatic hydroxyl groups is 1. The third-order valence-corrected chi connectivity index (χ3v) is 5.10. The highest BCUT2D eigenvalue weighted by Crippen LogP contribution is 2.31. The molecule has 2 rings (SSSR count). The van der Waals surface area contributed by atoms with E-state index in [4.69, 9.17) is 4.74 Å². The van der Waals surface area contributed by atoms with Crippen molar-refractivity contribution < 1.29 is 31.4 Å². The Labute approximate surface area is 137 Å². The second-order valence-corrected chi connectivity index (χ2v) is 7.30. The van der Waals surface area contributed by atoms with Crippen molar-refractivity contribution in [1.82, 2.24) is 0 Å². The summed E-state index contributed by atoms with van der Waals surface area (Å²) in [5, 5.41) is 9.30. The fourth-order valence-electron chi connectivity index (χ4n) is 1.76. The number of sulfone groups is 1. The molecule has 0 radical (unpaired) electrons. The number of rotatable bonds is 5. The molecule has 0 aliphatic carbocycles. The summed E-state index contributed by atoms with van der Waals surface area (Å²) in [6, 6.07) is 12.7. The van der Waals surface area contributed by atoms with Gasteiger partial charge in [0.15, 0.2) is 5.60 Å². The van der Waals surface area contributed by atoms with Crippen molar-refractivity contribution in [2.24, 2.45) is 0 Å². The normalized spacial score (nSPS) is 14.9. The van der Waals surface area contributed by atoms with Gasteiger partial charge in [0, 0.05) is 0 Å². The SMILES string of the molecule is CC(O)(COc1ccc(S(=O)(=O)c2ccccc2)cc1)C(F)(F)F. The Bertz CT molecular complexity index is 782. The number of benzene rings is 2. The Hall–Kier alpha value is -2.06. The van der Waals surface area contributed by atoms with Crippen molar-refractivity contribution in [1.29, 1.82) is 0 Å². The largest absolute Gasteiger partial charge is 0.490 e. The Morgan fingerprint density at radius 1 is 0.958 bits per heavy atom. The molecule has 1 N–H and O–H groups in total. The highest BCUT2D eigenvalue weighted by molar-refractivity contribution is 7.91. The smallest absolute Gasteiger partial charge is 0.420 e. The van der Waals surface area contributed by atoms with Crippen LogP contribution in [-0.2, 0) is 9.84 Å². The van der Waals surface area contributed by atoms with Crippen molar-refractivity contribution in [3.05, 3.63) is 54.6 Å². The molecule has 24 heavy (non-hydrogen) atoms. The average Bonchev–Trinajstić information content (AvgIpc) is 2.53. The highest BCUT2D eigenvalue weighted by Gasteiger charge is 2.50. The first-order valence-electron chi connectivity index (χ1n) is 6.86. The minimum Gasteiger partial charge on any atom is -0.490 e. The van der Waals surface area contributed by atoms with Crippen molar-refractivity contribution in [3.63, 3.8) is 0 Å². The van der Waals surface area contributed by atoms with E-state index in [1.54, 1.807) is 18.2 Å². The zero-order valence-electron chi connectivity index (χ0n) is 12.6. The van der Waals surface area contributed by atoms with E-state index in [9.17, 15) is 26.7 Å². The van der Waals surface area contributed by atoms with Crippen LogP contribution in [0.2, 0.25) is 0 Å². The number of hydrogen-bond acceptors (Lipinski definition) is 4. The molecule has 0 heterocycles. The van der Waals surface area contributed by atoms with Gasteiger partial charge in [-0.3, -0.25) is 0 Å². The number of alkyl halides is 3. The molecule has 0 saturated heterocycles. The van der Waals surface area contributed by atoms with Gasteiger partial charge in [-0.1, -0.05) is 18.2 Å². The zero-order chi connectivity index (χ0) is 18.0. The first-order chi connectivity index (χ1) is 11.0. The number of ether oxygens (including phenoxy) is 1. The van der Waals surface area contributed by atoms with Gasteiger partial charge in [0.05, 0.1) is 9.79 Å². The lowest BCUT2D eigenvalue weighted by Gasteiger charge is -2.26. The molecular weight excluding hydrogens is 345 g/mol. The average molecular weight is 360 g/mol. The van der Waals surface area contributed by atoms with Crippen LogP contribution in [-0.4, -0.2) is 31.9 Å². The quantitative estimate of drug-likeness (QED) is 0.889. The van der Waals surface area contributed by atoms with Gasteiger partial charge in [-0.2, -0.15) is 13.2 Å². The van der Waals surface area contributed by atoms with Crippen LogP contribution in [0.15, 0.2) is 64.4 Å². The molecule has 8 heteroatoms. The Morgan fingerprint density at radius 3 is 1.96 bits per heavy atom. The third-order valence-electron chi connectivity index (χ3n) is 3.32. The summed E-state index contributed by atoms with van der Waals surface area (Å²) in [5.41, 5.74) is -3.00. The van der Waals surface area contributed by atoms with Gasteiger partial charge >= 0.3 is 6.18 Å². The lowest BCUT2D eigenvalue weighted by atomic mass is 10.1. The maximum atomic E-state index is 12.5. The zero-order valence-corrected chi connectivity index (χ0v) is 13.4. The predicted molar refractivity (Wildman–Crippen MR) is 80.5 cm³/mol. The summed E-state index contributed by atoms with van der Waals surface area (Å²) in [6.45, 7) is -0.400. The monoisotopic (exact) mass is 360 g/mol. The Balaban J connectivity index is 2.15. The highest BCUT2D eigenvalue weighted by atomic mass is 32.2. The fraction of sp³-hybridized carbons (Fsp3) is 0.250. The summed E-state index contributed by atoms with van der Waals surface area (Å²) < 4.78 is 67.2. The van der Waals surface area contributed by atoms with Crippen molar-refractivity contribution in [2.75, 3.05) is 6.61 Å².